The van der Waals surface area contributed by atoms with Crippen molar-refractivity contribution in [3.63, 3.8) is 0 Å². The van der Waals surface area contributed by atoms with E-state index >= 15 is 0 Å². The topological polar surface area (TPSA) is 101 Å². The summed E-state index contributed by atoms with van der Waals surface area (Å²) in [7, 11) is 1.39. The van der Waals surface area contributed by atoms with Crippen LogP contribution in [0.3, 0.4) is 0 Å². The summed E-state index contributed by atoms with van der Waals surface area (Å²) in [5, 5.41) is 11.1. The van der Waals surface area contributed by atoms with Crippen molar-refractivity contribution in [1.82, 2.24) is 15.3 Å². The molecule has 1 aromatic heterocycles. The van der Waals surface area contributed by atoms with Crippen LogP contribution in [0.5, 0.6) is 0 Å². The normalized spacial score (nSPS) is 11.8. The van der Waals surface area contributed by atoms with Crippen molar-refractivity contribution < 1.29 is 19.4 Å². The molecule has 1 rings (SSSR count). The van der Waals surface area contributed by atoms with Crippen molar-refractivity contribution in [1.29, 1.82) is 0 Å². The van der Waals surface area contributed by atoms with Crippen molar-refractivity contribution in [3.05, 3.63) is 24.3 Å². The van der Waals surface area contributed by atoms with Gasteiger partial charge in [0.1, 0.15) is 5.69 Å². The number of hydrogen-bond donors (Lipinski definition) is 2. The summed E-state index contributed by atoms with van der Waals surface area (Å²) in [6.45, 7) is 0.109. The Labute approximate surface area is 97.8 Å². The molecular formula is C10H13N3O4. The highest BCUT2D eigenvalue weighted by molar-refractivity contribution is 5.91. The van der Waals surface area contributed by atoms with E-state index < -0.39 is 18.0 Å². The molecule has 0 aliphatic heterocycles. The summed E-state index contributed by atoms with van der Waals surface area (Å²) in [5.41, 5.74) is 0.178. The van der Waals surface area contributed by atoms with Crippen LogP contribution in [-0.2, 0) is 9.53 Å². The van der Waals surface area contributed by atoms with Crippen LogP contribution in [0.15, 0.2) is 18.6 Å². The minimum atomic E-state index is -0.981. The molecule has 0 aromatic carbocycles. The monoisotopic (exact) mass is 239 g/mol. The molecular weight excluding hydrogens is 226 g/mol. The largest absolute Gasteiger partial charge is 0.481 e. The maximum Gasteiger partial charge on any atom is 0.306 e. The number of carboxylic acid groups (broad SMARTS) is 1. The quantitative estimate of drug-likeness (QED) is 0.706. The zero-order valence-electron chi connectivity index (χ0n) is 9.29. The molecule has 0 spiro atoms. The maximum atomic E-state index is 11.5. The van der Waals surface area contributed by atoms with Crippen molar-refractivity contribution in [2.45, 2.75) is 12.5 Å². The van der Waals surface area contributed by atoms with Crippen LogP contribution in [0.4, 0.5) is 0 Å². The van der Waals surface area contributed by atoms with Crippen molar-refractivity contribution in [2.75, 3.05) is 13.7 Å². The van der Waals surface area contributed by atoms with E-state index in [4.69, 9.17) is 9.84 Å². The van der Waals surface area contributed by atoms with Gasteiger partial charge in [-0.15, -0.1) is 0 Å². The first kappa shape index (κ1) is 13.0. The molecule has 7 heteroatoms. The number of carbonyl (C=O) groups excluding carboxylic acids is 1. The standard InChI is InChI=1S/C10H13N3O4/c1-17-7(4-9(14)15)5-13-10(16)8-6-11-2-3-12-8/h2-3,6-7H,4-5H2,1H3,(H,13,16)(H,14,15). The lowest BCUT2D eigenvalue weighted by Crippen LogP contribution is -2.34. The number of carboxylic acids is 1. The maximum absolute atomic E-state index is 11.5. The Morgan fingerprint density at radius 2 is 2.29 bits per heavy atom. The van der Waals surface area contributed by atoms with E-state index in [-0.39, 0.29) is 18.7 Å². The molecule has 1 atom stereocenters. The second kappa shape index (κ2) is 6.54. The summed E-state index contributed by atoms with van der Waals surface area (Å²) < 4.78 is 4.92. The van der Waals surface area contributed by atoms with Gasteiger partial charge in [-0.3, -0.25) is 14.6 Å². The number of methoxy groups -OCH3 is 1. The lowest BCUT2D eigenvalue weighted by Gasteiger charge is -2.13. The molecule has 0 saturated heterocycles. The first-order valence-electron chi connectivity index (χ1n) is 4.92. The van der Waals surface area contributed by atoms with Crippen molar-refractivity contribution in [3.8, 4) is 0 Å². The van der Waals surface area contributed by atoms with Crippen molar-refractivity contribution in [2.24, 2.45) is 0 Å². The fourth-order valence-electron chi connectivity index (χ4n) is 1.15. The molecule has 1 heterocycles. The minimum Gasteiger partial charge on any atom is -0.481 e. The smallest absolute Gasteiger partial charge is 0.306 e. The predicted octanol–water partition coefficient (Wildman–Crippen LogP) is -0.304. The fourth-order valence-corrected chi connectivity index (χ4v) is 1.15. The van der Waals surface area contributed by atoms with Gasteiger partial charge in [-0.05, 0) is 0 Å². The Balaban J connectivity index is 2.44. The van der Waals surface area contributed by atoms with E-state index in [0.29, 0.717) is 0 Å². The number of nitrogens with zero attached hydrogens (tertiary/aromatic N) is 2. The first-order valence-corrected chi connectivity index (χ1v) is 4.92. The van der Waals surface area contributed by atoms with E-state index in [1.54, 1.807) is 0 Å². The molecule has 17 heavy (non-hydrogen) atoms. The molecule has 0 aliphatic rings. The molecule has 0 radical (unpaired) electrons. The van der Waals surface area contributed by atoms with Gasteiger partial charge in [0, 0.05) is 26.0 Å². The van der Waals surface area contributed by atoms with E-state index in [1.165, 1.54) is 25.7 Å². The van der Waals surface area contributed by atoms with E-state index in [9.17, 15) is 9.59 Å². The van der Waals surface area contributed by atoms with Gasteiger partial charge >= 0.3 is 5.97 Å². The van der Waals surface area contributed by atoms with Crippen LogP contribution in [0.1, 0.15) is 16.9 Å². The van der Waals surface area contributed by atoms with E-state index in [2.05, 4.69) is 15.3 Å². The number of carbonyl (C=O) groups is 2. The fraction of sp³-hybridized carbons (Fsp3) is 0.400. The molecule has 1 aromatic rings. The molecule has 92 valence electrons. The average Bonchev–Trinajstić information content (AvgIpc) is 2.34. The van der Waals surface area contributed by atoms with Gasteiger partial charge in [0.15, 0.2) is 0 Å². The van der Waals surface area contributed by atoms with Gasteiger partial charge in [-0.25, -0.2) is 4.98 Å². The lowest BCUT2D eigenvalue weighted by molar-refractivity contribution is -0.139. The number of aromatic nitrogens is 2. The molecule has 0 aliphatic carbocycles. The molecule has 1 unspecified atom stereocenters. The molecule has 1 amide bonds. The zero-order chi connectivity index (χ0) is 12.7. The second-order valence-electron chi connectivity index (χ2n) is 3.26. The average molecular weight is 239 g/mol. The molecule has 0 bridgehead atoms. The van der Waals surface area contributed by atoms with Gasteiger partial charge in [-0.1, -0.05) is 0 Å². The van der Waals surface area contributed by atoms with Gasteiger partial charge in [0.05, 0.1) is 18.7 Å². The SMILES string of the molecule is COC(CNC(=O)c1cnccn1)CC(=O)O. The Morgan fingerprint density at radius 1 is 1.53 bits per heavy atom. The number of amides is 1. The highest BCUT2D eigenvalue weighted by atomic mass is 16.5. The van der Waals surface area contributed by atoms with Crippen LogP contribution < -0.4 is 5.32 Å². The summed E-state index contributed by atoms with van der Waals surface area (Å²) in [5.74, 6) is -1.39. The summed E-state index contributed by atoms with van der Waals surface area (Å²) >= 11 is 0. The Hall–Kier alpha value is -2.02. The number of hydrogen-bond acceptors (Lipinski definition) is 5. The van der Waals surface area contributed by atoms with Gasteiger partial charge < -0.3 is 15.2 Å². The second-order valence-corrected chi connectivity index (χ2v) is 3.26. The third-order valence-corrected chi connectivity index (χ3v) is 2.02. The third kappa shape index (κ3) is 4.56. The summed E-state index contributed by atoms with van der Waals surface area (Å²) in [6.07, 6.45) is 3.46. The van der Waals surface area contributed by atoms with Gasteiger partial charge in [0.25, 0.3) is 5.91 Å². The highest BCUT2D eigenvalue weighted by Gasteiger charge is 2.14. The molecule has 7 nitrogen and oxygen atoms in total. The molecule has 2 N–H and O–H groups in total. The van der Waals surface area contributed by atoms with Gasteiger partial charge in [0.2, 0.25) is 0 Å². The van der Waals surface area contributed by atoms with Crippen LogP contribution in [0.2, 0.25) is 0 Å². The van der Waals surface area contributed by atoms with Crippen LogP contribution in [0, 0.1) is 0 Å². The summed E-state index contributed by atoms with van der Waals surface area (Å²) in [6, 6.07) is 0. The Bertz CT molecular complexity index is 382. The van der Waals surface area contributed by atoms with E-state index in [0.717, 1.165) is 0 Å². The van der Waals surface area contributed by atoms with E-state index in [1.807, 2.05) is 0 Å². The van der Waals surface area contributed by atoms with Crippen molar-refractivity contribution >= 4 is 11.9 Å². The lowest BCUT2D eigenvalue weighted by atomic mass is 10.2. The number of rotatable bonds is 6. The Kier molecular flexibility index (Phi) is 5.02. The third-order valence-electron chi connectivity index (χ3n) is 2.02. The van der Waals surface area contributed by atoms with Crippen LogP contribution >= 0.6 is 0 Å². The number of aliphatic carboxylic acids is 1. The van der Waals surface area contributed by atoms with Crippen LogP contribution in [-0.4, -0.2) is 46.7 Å². The predicted molar refractivity (Wildman–Crippen MR) is 57.4 cm³/mol. The highest BCUT2D eigenvalue weighted by Crippen LogP contribution is 1.97. The summed E-state index contributed by atoms with van der Waals surface area (Å²) in [4.78, 5) is 29.6. The number of nitrogens with one attached hydrogen (secondary N) is 1. The Morgan fingerprint density at radius 3 is 2.82 bits per heavy atom. The van der Waals surface area contributed by atoms with Crippen LogP contribution in [0.25, 0.3) is 0 Å². The minimum absolute atomic E-state index is 0.109. The van der Waals surface area contributed by atoms with Gasteiger partial charge in [-0.2, -0.15) is 0 Å². The number of ether oxygens (including phenoxy) is 1. The zero-order valence-corrected chi connectivity index (χ0v) is 9.29. The first-order chi connectivity index (χ1) is 8.13. The molecule has 0 fully saturated rings. The molecule has 0 saturated carbocycles.